The van der Waals surface area contributed by atoms with Gasteiger partial charge in [-0.25, -0.2) is 0 Å². The minimum Gasteiger partial charge on any atom is -0.547 e. The van der Waals surface area contributed by atoms with Gasteiger partial charge in [-0.1, -0.05) is 6.07 Å². The standard InChI is InChI=1S/C17H20N2O8.Na/c20-11-2-1-9(8-12(11)21)7-10(16(23)19-3-5-26-6-4-19)18-15(22)13-14(27-13)17(24)25;/h1-2,8,10,13-14,20-21H,3-7H2,(H,18,22)(H,24,25);/q;+1/p-1/t10-,13-,14-;/m0./s1. The van der Waals surface area contributed by atoms with Gasteiger partial charge in [0.05, 0.1) is 19.2 Å². The quantitative estimate of drug-likeness (QED) is 0.242. The molecule has 0 spiro atoms. The molecule has 0 aromatic heterocycles. The first-order valence-electron chi connectivity index (χ1n) is 8.41. The van der Waals surface area contributed by atoms with E-state index in [1.54, 1.807) is 4.90 Å². The molecule has 2 saturated heterocycles. The summed E-state index contributed by atoms with van der Waals surface area (Å²) in [6, 6.07) is 3.09. The van der Waals surface area contributed by atoms with Crippen LogP contribution in [0.5, 0.6) is 11.5 Å². The molecule has 2 fully saturated rings. The van der Waals surface area contributed by atoms with Crippen LogP contribution in [0.1, 0.15) is 5.56 Å². The van der Waals surface area contributed by atoms with E-state index >= 15 is 0 Å². The van der Waals surface area contributed by atoms with Crippen LogP contribution in [0, 0.1) is 0 Å². The number of epoxide rings is 1. The average Bonchev–Trinajstić information content (AvgIpc) is 3.45. The van der Waals surface area contributed by atoms with Crippen LogP contribution in [0.2, 0.25) is 0 Å². The van der Waals surface area contributed by atoms with Crippen LogP contribution >= 0.6 is 0 Å². The molecule has 1 aromatic carbocycles. The number of phenols is 2. The molecule has 10 nitrogen and oxygen atoms in total. The van der Waals surface area contributed by atoms with Gasteiger partial charge in [-0.3, -0.25) is 9.59 Å². The van der Waals surface area contributed by atoms with Crippen molar-refractivity contribution >= 4 is 17.8 Å². The van der Waals surface area contributed by atoms with E-state index in [2.05, 4.69) is 5.32 Å². The maximum atomic E-state index is 12.8. The van der Waals surface area contributed by atoms with Crippen molar-refractivity contribution in [3.63, 3.8) is 0 Å². The molecule has 11 heteroatoms. The third-order valence-electron chi connectivity index (χ3n) is 4.40. The fourth-order valence-corrected chi connectivity index (χ4v) is 2.88. The Bertz CT molecular complexity index is 753. The fraction of sp³-hybridized carbons (Fsp3) is 0.471. The molecule has 3 rings (SSSR count). The zero-order valence-corrected chi connectivity index (χ0v) is 17.3. The van der Waals surface area contributed by atoms with E-state index in [0.29, 0.717) is 31.9 Å². The monoisotopic (exact) mass is 402 g/mol. The van der Waals surface area contributed by atoms with Crippen LogP contribution in [0.4, 0.5) is 0 Å². The van der Waals surface area contributed by atoms with E-state index in [1.807, 2.05) is 0 Å². The SMILES string of the molecule is O=C([O-])[C@H]1O[C@@H]1C(=O)N[C@@H](Cc1ccc(O)c(O)c1)C(=O)N1CCOCC1.[Na+]. The normalized spacial score (nSPS) is 21.9. The van der Waals surface area contributed by atoms with Gasteiger partial charge in [-0.2, -0.15) is 0 Å². The maximum Gasteiger partial charge on any atom is 1.00 e. The Morgan fingerprint density at radius 1 is 1.18 bits per heavy atom. The number of benzene rings is 1. The van der Waals surface area contributed by atoms with Gasteiger partial charge in [0, 0.05) is 19.5 Å². The predicted molar refractivity (Wildman–Crippen MR) is 86.5 cm³/mol. The molecule has 28 heavy (non-hydrogen) atoms. The minimum absolute atomic E-state index is 0. The van der Waals surface area contributed by atoms with E-state index in [9.17, 15) is 29.7 Å². The van der Waals surface area contributed by atoms with Crippen molar-refractivity contribution in [2.24, 2.45) is 0 Å². The van der Waals surface area contributed by atoms with Crippen molar-refractivity contribution in [3.05, 3.63) is 23.8 Å². The van der Waals surface area contributed by atoms with E-state index in [4.69, 9.17) is 9.47 Å². The first-order chi connectivity index (χ1) is 12.9. The van der Waals surface area contributed by atoms with Gasteiger partial charge in [0.25, 0.3) is 5.91 Å². The Morgan fingerprint density at radius 2 is 1.86 bits per heavy atom. The summed E-state index contributed by atoms with van der Waals surface area (Å²) in [6.07, 6.45) is -2.47. The summed E-state index contributed by atoms with van der Waals surface area (Å²) in [4.78, 5) is 37.3. The molecule has 2 aliphatic heterocycles. The van der Waals surface area contributed by atoms with Crippen molar-refractivity contribution in [1.82, 2.24) is 10.2 Å². The molecule has 146 valence electrons. The second kappa shape index (κ2) is 9.57. The zero-order valence-electron chi connectivity index (χ0n) is 15.3. The van der Waals surface area contributed by atoms with Crippen molar-refractivity contribution in [2.45, 2.75) is 24.7 Å². The fourth-order valence-electron chi connectivity index (χ4n) is 2.88. The Balaban J connectivity index is 0.00000280. The summed E-state index contributed by atoms with van der Waals surface area (Å²) >= 11 is 0. The Labute approximate surface area is 182 Å². The molecule has 3 N–H and O–H groups in total. The summed E-state index contributed by atoms with van der Waals surface area (Å²) in [5, 5.41) is 32.3. The molecule has 2 amide bonds. The van der Waals surface area contributed by atoms with Gasteiger partial charge >= 0.3 is 29.6 Å². The maximum absolute atomic E-state index is 12.8. The molecule has 2 heterocycles. The number of morpholine rings is 1. The molecule has 3 atom stereocenters. The summed E-state index contributed by atoms with van der Waals surface area (Å²) in [7, 11) is 0. The molecule has 0 unspecified atom stereocenters. The topological polar surface area (TPSA) is 152 Å². The molecule has 0 bridgehead atoms. The number of carboxylic acid groups (broad SMARTS) is 1. The number of nitrogens with zero attached hydrogens (tertiary/aromatic N) is 1. The van der Waals surface area contributed by atoms with Crippen LogP contribution in [0.25, 0.3) is 0 Å². The molecule has 0 aliphatic carbocycles. The van der Waals surface area contributed by atoms with Crippen LogP contribution in [-0.2, 0) is 30.3 Å². The van der Waals surface area contributed by atoms with Gasteiger partial charge in [0.15, 0.2) is 17.6 Å². The smallest absolute Gasteiger partial charge is 0.547 e. The molecule has 0 saturated carbocycles. The number of nitrogens with one attached hydrogen (secondary N) is 1. The van der Waals surface area contributed by atoms with Crippen molar-refractivity contribution in [3.8, 4) is 11.5 Å². The number of aromatic hydroxyl groups is 2. The van der Waals surface area contributed by atoms with Crippen molar-refractivity contribution in [1.29, 1.82) is 0 Å². The van der Waals surface area contributed by atoms with Crippen molar-refractivity contribution in [2.75, 3.05) is 26.3 Å². The van der Waals surface area contributed by atoms with Gasteiger partial charge in [0.2, 0.25) is 5.91 Å². The van der Waals surface area contributed by atoms with E-state index in [0.717, 1.165) is 0 Å². The van der Waals surface area contributed by atoms with Gasteiger partial charge in [-0.15, -0.1) is 0 Å². The van der Waals surface area contributed by atoms with Gasteiger partial charge < -0.3 is 39.8 Å². The predicted octanol–water partition coefficient (Wildman–Crippen LogP) is -5.49. The van der Waals surface area contributed by atoms with E-state index in [-0.39, 0.29) is 53.4 Å². The third kappa shape index (κ3) is 5.36. The minimum atomic E-state index is -1.49. The van der Waals surface area contributed by atoms with E-state index in [1.165, 1.54) is 18.2 Å². The first kappa shape index (κ1) is 22.4. The number of hydrogen-bond acceptors (Lipinski definition) is 8. The largest absolute Gasteiger partial charge is 1.00 e. The summed E-state index contributed by atoms with van der Waals surface area (Å²) in [5.74, 6) is -3.22. The summed E-state index contributed by atoms with van der Waals surface area (Å²) in [5.41, 5.74) is 0.505. The van der Waals surface area contributed by atoms with Gasteiger partial charge in [0.1, 0.15) is 12.1 Å². The number of aliphatic carboxylic acids is 1. The Morgan fingerprint density at radius 3 is 2.43 bits per heavy atom. The van der Waals surface area contributed by atoms with Crippen LogP contribution < -0.4 is 40.0 Å². The number of carbonyl (C=O) groups excluding carboxylic acids is 3. The number of carboxylic acids is 1. The summed E-state index contributed by atoms with van der Waals surface area (Å²) in [6.45, 7) is 1.50. The van der Waals surface area contributed by atoms with E-state index < -0.39 is 30.1 Å². The summed E-state index contributed by atoms with van der Waals surface area (Å²) < 4.78 is 9.97. The molecule has 0 radical (unpaired) electrons. The Kier molecular flexibility index (Phi) is 7.67. The third-order valence-corrected chi connectivity index (χ3v) is 4.40. The first-order valence-corrected chi connectivity index (χ1v) is 8.41. The Hall–Kier alpha value is -1.85. The number of rotatable bonds is 6. The number of amides is 2. The average molecular weight is 402 g/mol. The number of ether oxygens (including phenoxy) is 2. The molecular weight excluding hydrogens is 383 g/mol. The second-order valence-corrected chi connectivity index (χ2v) is 6.32. The zero-order chi connectivity index (χ0) is 19.6. The van der Waals surface area contributed by atoms with Crippen LogP contribution in [0.3, 0.4) is 0 Å². The molecular formula is C17H19N2NaO8. The van der Waals surface area contributed by atoms with Crippen LogP contribution in [-0.4, -0.2) is 77.4 Å². The number of phenolic OH excluding ortho intramolecular Hbond substituents is 2. The number of carbonyl (C=O) groups is 3. The van der Waals surface area contributed by atoms with Gasteiger partial charge in [-0.05, 0) is 17.7 Å². The number of hydrogen-bond donors (Lipinski definition) is 3. The molecule has 2 aliphatic rings. The molecule has 1 aromatic rings. The van der Waals surface area contributed by atoms with Crippen molar-refractivity contribution < 1.29 is 68.7 Å². The second-order valence-electron chi connectivity index (χ2n) is 6.32. The van der Waals surface area contributed by atoms with Crippen LogP contribution in [0.15, 0.2) is 18.2 Å².